The zero-order chi connectivity index (χ0) is 15.4. The molecule has 0 saturated carbocycles. The first-order chi connectivity index (χ1) is 10.1. The zero-order valence-electron chi connectivity index (χ0n) is 12.3. The molecule has 1 aromatic carbocycles. The van der Waals surface area contributed by atoms with E-state index >= 15 is 0 Å². The Morgan fingerprint density at radius 3 is 2.86 bits per heavy atom. The molecule has 0 amide bonds. The fraction of sp³-hybridized carbons (Fsp3) is 0.400. The second kappa shape index (κ2) is 6.47. The summed E-state index contributed by atoms with van der Waals surface area (Å²) >= 11 is 0. The highest BCUT2D eigenvalue weighted by Crippen LogP contribution is 2.24. The minimum absolute atomic E-state index is 0.280. The van der Waals surface area contributed by atoms with Gasteiger partial charge in [-0.05, 0) is 25.1 Å². The molecule has 0 saturated heterocycles. The van der Waals surface area contributed by atoms with Gasteiger partial charge in [0.05, 0.1) is 18.5 Å². The first kappa shape index (κ1) is 15.2. The average Bonchev–Trinajstić information content (AvgIpc) is 2.51. The Labute approximate surface area is 122 Å². The molecule has 112 valence electrons. The lowest BCUT2D eigenvalue weighted by Crippen LogP contribution is -2.33. The normalized spacial score (nSPS) is 12.2. The minimum Gasteiger partial charge on any atom is -0.469 e. The summed E-state index contributed by atoms with van der Waals surface area (Å²) < 4.78 is 18.2. The number of aromatic nitrogens is 2. The van der Waals surface area contributed by atoms with Crippen molar-refractivity contribution in [3.8, 4) is 0 Å². The van der Waals surface area contributed by atoms with Crippen LogP contribution in [0.25, 0.3) is 10.9 Å². The SMILES string of the molecule is CCN(CC(C)C(=O)OC)c1ncnc2ccc(F)cc12. The molecule has 0 spiro atoms. The third-order valence-electron chi connectivity index (χ3n) is 3.36. The van der Waals surface area contributed by atoms with Crippen LogP contribution in [0.4, 0.5) is 10.2 Å². The van der Waals surface area contributed by atoms with Gasteiger partial charge in [0, 0.05) is 18.5 Å². The molecule has 0 aliphatic carbocycles. The number of carbonyl (C=O) groups excluding carboxylic acids is 1. The largest absolute Gasteiger partial charge is 0.469 e. The van der Waals surface area contributed by atoms with Crippen LogP contribution < -0.4 is 4.90 Å². The standard InChI is InChI=1S/C15H18FN3O2/c1-4-19(8-10(2)15(20)21-3)14-12-7-11(16)5-6-13(12)17-9-18-14/h5-7,9-10H,4,8H2,1-3H3. The van der Waals surface area contributed by atoms with E-state index in [2.05, 4.69) is 9.97 Å². The van der Waals surface area contributed by atoms with Crippen molar-refractivity contribution in [3.05, 3.63) is 30.3 Å². The van der Waals surface area contributed by atoms with E-state index in [1.807, 2.05) is 11.8 Å². The second-order valence-corrected chi connectivity index (χ2v) is 4.82. The lowest BCUT2D eigenvalue weighted by Gasteiger charge is -2.25. The topological polar surface area (TPSA) is 55.3 Å². The summed E-state index contributed by atoms with van der Waals surface area (Å²) in [6, 6.07) is 4.40. The van der Waals surface area contributed by atoms with Crippen LogP contribution in [0.1, 0.15) is 13.8 Å². The number of anilines is 1. The smallest absolute Gasteiger partial charge is 0.310 e. The lowest BCUT2D eigenvalue weighted by molar-refractivity contribution is -0.144. The van der Waals surface area contributed by atoms with Crippen LogP contribution >= 0.6 is 0 Å². The third kappa shape index (κ3) is 3.26. The number of halogens is 1. The molecule has 6 heteroatoms. The van der Waals surface area contributed by atoms with Crippen LogP contribution in [0.5, 0.6) is 0 Å². The molecule has 0 bridgehead atoms. The third-order valence-corrected chi connectivity index (χ3v) is 3.36. The van der Waals surface area contributed by atoms with Gasteiger partial charge >= 0.3 is 5.97 Å². The van der Waals surface area contributed by atoms with Crippen molar-refractivity contribution in [1.82, 2.24) is 9.97 Å². The summed E-state index contributed by atoms with van der Waals surface area (Å²) in [5, 5.41) is 0.636. The van der Waals surface area contributed by atoms with Gasteiger partial charge in [-0.15, -0.1) is 0 Å². The maximum Gasteiger partial charge on any atom is 0.310 e. The van der Waals surface area contributed by atoms with E-state index in [0.717, 1.165) is 0 Å². The molecule has 2 aromatic rings. The number of methoxy groups -OCH3 is 1. The number of hydrogen-bond donors (Lipinski definition) is 0. The van der Waals surface area contributed by atoms with Crippen molar-refractivity contribution >= 4 is 22.7 Å². The highest BCUT2D eigenvalue weighted by Gasteiger charge is 2.19. The highest BCUT2D eigenvalue weighted by molar-refractivity contribution is 5.89. The Morgan fingerprint density at radius 2 is 2.19 bits per heavy atom. The molecule has 0 aliphatic rings. The Balaban J connectivity index is 2.38. The number of esters is 1. The highest BCUT2D eigenvalue weighted by atomic mass is 19.1. The predicted octanol–water partition coefficient (Wildman–Crippen LogP) is 2.40. The van der Waals surface area contributed by atoms with Crippen LogP contribution in [-0.2, 0) is 9.53 Å². The van der Waals surface area contributed by atoms with Crippen LogP contribution in [0.2, 0.25) is 0 Å². The van der Waals surface area contributed by atoms with E-state index < -0.39 is 0 Å². The van der Waals surface area contributed by atoms with E-state index in [1.54, 1.807) is 13.0 Å². The molecule has 1 unspecified atom stereocenters. The lowest BCUT2D eigenvalue weighted by atomic mass is 10.1. The van der Waals surface area contributed by atoms with Crippen molar-refractivity contribution < 1.29 is 13.9 Å². The average molecular weight is 291 g/mol. The summed E-state index contributed by atoms with van der Waals surface area (Å²) in [4.78, 5) is 21.9. The number of hydrogen-bond acceptors (Lipinski definition) is 5. The first-order valence-corrected chi connectivity index (χ1v) is 6.79. The zero-order valence-corrected chi connectivity index (χ0v) is 12.3. The van der Waals surface area contributed by atoms with Crippen molar-refractivity contribution in [1.29, 1.82) is 0 Å². The molecule has 1 atom stereocenters. The van der Waals surface area contributed by atoms with Crippen molar-refractivity contribution in [2.45, 2.75) is 13.8 Å². The number of benzene rings is 1. The van der Waals surface area contributed by atoms with Gasteiger partial charge in [0.1, 0.15) is 18.0 Å². The molecule has 1 heterocycles. The number of ether oxygens (including phenoxy) is 1. The molecule has 21 heavy (non-hydrogen) atoms. The van der Waals surface area contributed by atoms with Gasteiger partial charge in [0.25, 0.3) is 0 Å². The Bertz CT molecular complexity index is 648. The number of nitrogens with zero attached hydrogens (tertiary/aromatic N) is 3. The van der Waals surface area contributed by atoms with E-state index in [9.17, 15) is 9.18 Å². The van der Waals surface area contributed by atoms with Gasteiger partial charge in [-0.2, -0.15) is 0 Å². The molecule has 2 rings (SSSR count). The molecular formula is C15H18FN3O2. The van der Waals surface area contributed by atoms with E-state index in [4.69, 9.17) is 4.74 Å². The van der Waals surface area contributed by atoms with Crippen molar-refractivity contribution in [2.24, 2.45) is 5.92 Å². The maximum absolute atomic E-state index is 13.5. The fourth-order valence-corrected chi connectivity index (χ4v) is 2.24. The van der Waals surface area contributed by atoms with Gasteiger partial charge in [-0.1, -0.05) is 6.92 Å². The Hall–Kier alpha value is -2.24. The molecule has 0 aliphatic heterocycles. The molecular weight excluding hydrogens is 273 g/mol. The van der Waals surface area contributed by atoms with E-state index in [1.165, 1.54) is 25.6 Å². The number of fused-ring (bicyclic) bond motifs is 1. The Morgan fingerprint density at radius 1 is 1.43 bits per heavy atom. The summed E-state index contributed by atoms with van der Waals surface area (Å²) in [6.07, 6.45) is 1.45. The summed E-state index contributed by atoms with van der Waals surface area (Å²) in [7, 11) is 1.37. The first-order valence-electron chi connectivity index (χ1n) is 6.79. The van der Waals surface area contributed by atoms with E-state index in [-0.39, 0.29) is 17.7 Å². The van der Waals surface area contributed by atoms with Gasteiger partial charge in [-0.3, -0.25) is 4.79 Å². The molecule has 0 radical (unpaired) electrons. The van der Waals surface area contributed by atoms with E-state index in [0.29, 0.717) is 29.8 Å². The van der Waals surface area contributed by atoms with Gasteiger partial charge in [0.15, 0.2) is 0 Å². The number of rotatable bonds is 5. The maximum atomic E-state index is 13.5. The van der Waals surface area contributed by atoms with Crippen LogP contribution in [0, 0.1) is 11.7 Å². The summed E-state index contributed by atoms with van der Waals surface area (Å²) in [5.74, 6) is -0.292. The molecule has 1 aromatic heterocycles. The molecule has 5 nitrogen and oxygen atoms in total. The van der Waals surface area contributed by atoms with Crippen LogP contribution in [-0.4, -0.2) is 36.1 Å². The van der Waals surface area contributed by atoms with Gasteiger partial charge in [-0.25, -0.2) is 14.4 Å². The van der Waals surface area contributed by atoms with Crippen molar-refractivity contribution in [3.63, 3.8) is 0 Å². The van der Waals surface area contributed by atoms with Gasteiger partial charge < -0.3 is 9.64 Å². The summed E-state index contributed by atoms with van der Waals surface area (Å²) in [6.45, 7) is 4.84. The minimum atomic E-state index is -0.337. The van der Waals surface area contributed by atoms with Crippen LogP contribution in [0.15, 0.2) is 24.5 Å². The molecule has 0 N–H and O–H groups in total. The Kier molecular flexibility index (Phi) is 4.67. The fourth-order valence-electron chi connectivity index (χ4n) is 2.24. The number of carbonyl (C=O) groups is 1. The second-order valence-electron chi connectivity index (χ2n) is 4.82. The van der Waals surface area contributed by atoms with Gasteiger partial charge in [0.2, 0.25) is 0 Å². The predicted molar refractivity (Wildman–Crippen MR) is 78.6 cm³/mol. The van der Waals surface area contributed by atoms with Crippen LogP contribution in [0.3, 0.4) is 0 Å². The quantitative estimate of drug-likeness (QED) is 0.792. The molecule has 0 fully saturated rings. The van der Waals surface area contributed by atoms with Crippen molar-refractivity contribution in [2.75, 3.05) is 25.1 Å². The monoisotopic (exact) mass is 291 g/mol. The summed E-state index contributed by atoms with van der Waals surface area (Å²) in [5.41, 5.74) is 0.672.